The highest BCUT2D eigenvalue weighted by Crippen LogP contribution is 2.28. The fraction of sp³-hybridized carbons (Fsp3) is 0.400. The van der Waals surface area contributed by atoms with E-state index in [2.05, 4.69) is 15.5 Å². The van der Waals surface area contributed by atoms with Crippen LogP contribution in [0, 0.1) is 0 Å². The zero-order chi connectivity index (χ0) is 19.3. The number of carbonyl (C=O) groups excluding carboxylic acids is 1. The van der Waals surface area contributed by atoms with E-state index in [0.717, 1.165) is 13.5 Å². The van der Waals surface area contributed by atoms with Crippen molar-refractivity contribution in [2.75, 3.05) is 25.2 Å². The van der Waals surface area contributed by atoms with Crippen molar-refractivity contribution < 1.29 is 13.2 Å². The molecule has 0 aliphatic rings. The van der Waals surface area contributed by atoms with Crippen LogP contribution in [0.5, 0.6) is 0 Å². The van der Waals surface area contributed by atoms with Crippen molar-refractivity contribution in [2.24, 2.45) is 0 Å². The molecular weight excluding hydrogens is 412 g/mol. The van der Waals surface area contributed by atoms with Gasteiger partial charge in [-0.15, -0.1) is 22.0 Å². The number of carbonyl (C=O) groups is 1. The maximum absolute atomic E-state index is 12.6. The fourth-order valence-corrected chi connectivity index (χ4v) is 5.41. The Bertz CT molecular complexity index is 850. The van der Waals surface area contributed by atoms with Crippen LogP contribution < -0.4 is 5.32 Å². The average Bonchev–Trinajstić information content (AvgIpc) is 3.00. The van der Waals surface area contributed by atoms with Crippen molar-refractivity contribution in [3.05, 3.63) is 24.3 Å². The molecule has 11 heteroatoms. The van der Waals surface area contributed by atoms with Gasteiger partial charge in [0.05, 0.1) is 11.4 Å². The van der Waals surface area contributed by atoms with Crippen molar-refractivity contribution >= 4 is 55.9 Å². The van der Waals surface area contributed by atoms with E-state index in [1.165, 1.54) is 42.3 Å². The highest BCUT2D eigenvalue weighted by molar-refractivity contribution is 8.01. The summed E-state index contributed by atoms with van der Waals surface area (Å²) in [6, 6.07) is 6.55. The molecule has 1 amide bonds. The molecule has 0 saturated heterocycles. The van der Waals surface area contributed by atoms with Gasteiger partial charge in [-0.25, -0.2) is 8.42 Å². The van der Waals surface area contributed by atoms with E-state index in [4.69, 9.17) is 0 Å². The number of anilines is 1. The SMILES string of the molecule is CSc1ccc(S(=O)(=O)N(C)CC(=O)Nc2nnc(SC(C)C)s2)cc1. The van der Waals surface area contributed by atoms with Gasteiger partial charge in [0.1, 0.15) is 0 Å². The Morgan fingerprint density at radius 3 is 2.50 bits per heavy atom. The molecular formula is C15H20N4O3S4. The van der Waals surface area contributed by atoms with Crippen molar-refractivity contribution in [1.82, 2.24) is 14.5 Å². The topological polar surface area (TPSA) is 92.3 Å². The molecule has 2 rings (SSSR count). The van der Waals surface area contributed by atoms with Crippen LogP contribution in [0.3, 0.4) is 0 Å². The van der Waals surface area contributed by atoms with Crippen molar-refractivity contribution in [3.8, 4) is 0 Å². The van der Waals surface area contributed by atoms with Gasteiger partial charge in [0, 0.05) is 17.2 Å². The molecule has 1 N–H and O–H groups in total. The van der Waals surface area contributed by atoms with Crippen LogP contribution in [0.1, 0.15) is 13.8 Å². The Labute approximate surface area is 166 Å². The highest BCUT2D eigenvalue weighted by atomic mass is 32.2. The summed E-state index contributed by atoms with van der Waals surface area (Å²) in [5.41, 5.74) is 0. The molecule has 0 unspecified atom stereocenters. The molecule has 0 atom stereocenters. The number of sulfonamides is 1. The second-order valence-electron chi connectivity index (χ2n) is 5.52. The molecule has 0 fully saturated rings. The summed E-state index contributed by atoms with van der Waals surface area (Å²) >= 11 is 4.34. The fourth-order valence-electron chi connectivity index (χ4n) is 1.88. The zero-order valence-electron chi connectivity index (χ0n) is 14.8. The minimum Gasteiger partial charge on any atom is -0.299 e. The molecule has 0 radical (unpaired) electrons. The van der Waals surface area contributed by atoms with Crippen LogP contribution in [0.4, 0.5) is 5.13 Å². The smallest absolute Gasteiger partial charge is 0.243 e. The van der Waals surface area contributed by atoms with Crippen LogP contribution in [0.25, 0.3) is 0 Å². The van der Waals surface area contributed by atoms with Gasteiger partial charge in [0.2, 0.25) is 21.1 Å². The minimum atomic E-state index is -3.74. The molecule has 1 aromatic heterocycles. The van der Waals surface area contributed by atoms with E-state index < -0.39 is 15.9 Å². The molecule has 7 nitrogen and oxygen atoms in total. The average molecular weight is 433 g/mol. The number of rotatable bonds is 8. The van der Waals surface area contributed by atoms with E-state index in [1.54, 1.807) is 23.9 Å². The lowest BCUT2D eigenvalue weighted by Gasteiger charge is -2.16. The Hall–Kier alpha value is -1.14. The van der Waals surface area contributed by atoms with Gasteiger partial charge in [-0.3, -0.25) is 10.1 Å². The summed E-state index contributed by atoms with van der Waals surface area (Å²) in [5.74, 6) is -0.464. The predicted molar refractivity (Wildman–Crippen MR) is 108 cm³/mol. The Morgan fingerprint density at radius 1 is 1.27 bits per heavy atom. The summed E-state index contributed by atoms with van der Waals surface area (Å²) in [6.07, 6.45) is 1.92. The first kappa shape index (κ1) is 21.2. The summed E-state index contributed by atoms with van der Waals surface area (Å²) in [4.78, 5) is 13.3. The normalized spacial score (nSPS) is 11.9. The second-order valence-corrected chi connectivity index (χ2v) is 11.3. The third-order valence-corrected chi connectivity index (χ3v) is 7.61. The van der Waals surface area contributed by atoms with Gasteiger partial charge in [-0.05, 0) is 30.5 Å². The van der Waals surface area contributed by atoms with Crippen LogP contribution in [-0.4, -0.2) is 53.9 Å². The third kappa shape index (κ3) is 5.68. The Balaban J connectivity index is 1.99. The molecule has 1 aromatic carbocycles. The number of benzene rings is 1. The van der Waals surface area contributed by atoms with Crippen molar-refractivity contribution in [2.45, 2.75) is 33.2 Å². The van der Waals surface area contributed by atoms with E-state index >= 15 is 0 Å². The molecule has 142 valence electrons. The van der Waals surface area contributed by atoms with E-state index in [-0.39, 0.29) is 11.4 Å². The predicted octanol–water partition coefficient (Wildman–Crippen LogP) is 3.02. The van der Waals surface area contributed by atoms with Gasteiger partial charge >= 0.3 is 0 Å². The maximum Gasteiger partial charge on any atom is 0.243 e. The standard InChI is InChI=1S/C15H20N4O3S4/c1-10(2)24-15-18-17-14(25-15)16-13(20)9-19(3)26(21,22)12-7-5-11(23-4)6-8-12/h5-8,10H,9H2,1-4H3,(H,16,17,20). The third-order valence-electron chi connectivity index (χ3n) is 3.12. The first-order chi connectivity index (χ1) is 12.2. The number of nitrogens with one attached hydrogen (secondary N) is 1. The lowest BCUT2D eigenvalue weighted by molar-refractivity contribution is -0.116. The Kier molecular flexibility index (Phi) is 7.47. The summed E-state index contributed by atoms with van der Waals surface area (Å²) in [7, 11) is -2.36. The number of hydrogen-bond acceptors (Lipinski definition) is 8. The quantitative estimate of drug-likeness (QED) is 0.506. The molecule has 26 heavy (non-hydrogen) atoms. The van der Waals surface area contributed by atoms with Crippen LogP contribution in [0.2, 0.25) is 0 Å². The first-order valence-electron chi connectivity index (χ1n) is 7.62. The molecule has 0 spiro atoms. The number of thioether (sulfide) groups is 2. The number of hydrogen-bond donors (Lipinski definition) is 1. The maximum atomic E-state index is 12.6. The van der Waals surface area contributed by atoms with Gasteiger partial charge < -0.3 is 0 Å². The second kappa shape index (κ2) is 9.18. The lowest BCUT2D eigenvalue weighted by atomic mass is 10.4. The van der Waals surface area contributed by atoms with Crippen molar-refractivity contribution in [1.29, 1.82) is 0 Å². The minimum absolute atomic E-state index is 0.150. The van der Waals surface area contributed by atoms with Crippen molar-refractivity contribution in [3.63, 3.8) is 0 Å². The lowest BCUT2D eigenvalue weighted by Crippen LogP contribution is -2.34. The van der Waals surface area contributed by atoms with E-state index in [9.17, 15) is 13.2 Å². The van der Waals surface area contributed by atoms with Crippen LogP contribution >= 0.6 is 34.9 Å². The van der Waals surface area contributed by atoms with Gasteiger partial charge in [-0.1, -0.05) is 36.9 Å². The molecule has 0 bridgehead atoms. The number of likely N-dealkylation sites (N-methyl/N-ethyl adjacent to an activating group) is 1. The molecule has 1 heterocycles. The summed E-state index contributed by atoms with van der Waals surface area (Å²) < 4.78 is 26.9. The largest absolute Gasteiger partial charge is 0.299 e. The number of aromatic nitrogens is 2. The van der Waals surface area contributed by atoms with Gasteiger partial charge in [0.25, 0.3) is 0 Å². The van der Waals surface area contributed by atoms with Crippen LogP contribution in [0.15, 0.2) is 38.4 Å². The number of amides is 1. The van der Waals surface area contributed by atoms with Gasteiger partial charge in [0.15, 0.2) is 4.34 Å². The van der Waals surface area contributed by atoms with Gasteiger partial charge in [-0.2, -0.15) is 4.31 Å². The number of nitrogens with zero attached hydrogens (tertiary/aromatic N) is 3. The molecule has 0 saturated carbocycles. The van der Waals surface area contributed by atoms with E-state index in [1.807, 2.05) is 20.1 Å². The van der Waals surface area contributed by atoms with Crippen LogP contribution in [-0.2, 0) is 14.8 Å². The molecule has 2 aromatic rings. The first-order valence-corrected chi connectivity index (χ1v) is 12.0. The van der Waals surface area contributed by atoms with E-state index in [0.29, 0.717) is 10.4 Å². The summed E-state index contributed by atoms with van der Waals surface area (Å²) in [5, 5.41) is 11.2. The molecule has 0 aliphatic carbocycles. The monoisotopic (exact) mass is 432 g/mol. The summed E-state index contributed by atoms with van der Waals surface area (Å²) in [6.45, 7) is 3.77. The highest BCUT2D eigenvalue weighted by Gasteiger charge is 2.23. The Morgan fingerprint density at radius 2 is 1.92 bits per heavy atom. The zero-order valence-corrected chi connectivity index (χ0v) is 18.1. The molecule has 0 aliphatic heterocycles.